The second-order valence-corrected chi connectivity index (χ2v) is 5.76. The predicted molar refractivity (Wildman–Crippen MR) is 105 cm³/mol. The number of hydrogen-bond donors (Lipinski definition) is 2. The number of carbonyl (C=O) groups is 1. The van der Waals surface area contributed by atoms with E-state index in [4.69, 9.17) is 9.47 Å². The Bertz CT molecular complexity index is 751. The van der Waals surface area contributed by atoms with Gasteiger partial charge < -0.3 is 20.1 Å². The number of hydrogen-bond acceptors (Lipinski definition) is 5. The van der Waals surface area contributed by atoms with E-state index >= 15 is 0 Å². The van der Waals surface area contributed by atoms with Gasteiger partial charge in [-0.25, -0.2) is 9.37 Å². The minimum Gasteiger partial charge on any atom is -0.497 e. The van der Waals surface area contributed by atoms with Crippen molar-refractivity contribution in [2.45, 2.75) is 25.2 Å². The first-order valence-corrected chi connectivity index (χ1v) is 8.06. The number of alkyl halides is 1. The number of methoxy groups -OCH3 is 1. The SMILES string of the molecule is COc1cccc(Oc2ncccc2CNC(=O)[C@H]2C[C@H](F)CN2)c1.Cl.Cl. The van der Waals surface area contributed by atoms with Gasteiger partial charge >= 0.3 is 0 Å². The van der Waals surface area contributed by atoms with E-state index in [0.29, 0.717) is 17.4 Å². The van der Waals surface area contributed by atoms with Gasteiger partial charge in [0.1, 0.15) is 17.7 Å². The lowest BCUT2D eigenvalue weighted by Gasteiger charge is -2.13. The van der Waals surface area contributed by atoms with Gasteiger partial charge in [-0.2, -0.15) is 0 Å². The van der Waals surface area contributed by atoms with Gasteiger partial charge in [0.15, 0.2) is 0 Å². The topological polar surface area (TPSA) is 72.5 Å². The molecule has 0 radical (unpaired) electrons. The van der Waals surface area contributed by atoms with Crippen molar-refractivity contribution in [1.29, 1.82) is 0 Å². The summed E-state index contributed by atoms with van der Waals surface area (Å²) in [5.41, 5.74) is 0.730. The molecule has 2 heterocycles. The largest absolute Gasteiger partial charge is 0.497 e. The maximum Gasteiger partial charge on any atom is 0.237 e. The molecule has 6 nitrogen and oxygen atoms in total. The molecule has 1 aromatic heterocycles. The monoisotopic (exact) mass is 417 g/mol. The molecule has 0 spiro atoms. The van der Waals surface area contributed by atoms with Gasteiger partial charge in [-0.05, 0) is 18.2 Å². The molecule has 2 atom stereocenters. The highest BCUT2D eigenvalue weighted by Crippen LogP contribution is 2.26. The lowest BCUT2D eigenvalue weighted by atomic mass is 10.2. The highest BCUT2D eigenvalue weighted by molar-refractivity contribution is 5.85. The smallest absolute Gasteiger partial charge is 0.237 e. The van der Waals surface area contributed by atoms with Gasteiger partial charge in [0.05, 0.1) is 13.2 Å². The van der Waals surface area contributed by atoms with Crippen molar-refractivity contribution in [2.24, 2.45) is 0 Å². The van der Waals surface area contributed by atoms with Crippen LogP contribution in [0.2, 0.25) is 0 Å². The Labute approximate surface area is 169 Å². The van der Waals surface area contributed by atoms with Crippen LogP contribution in [0.15, 0.2) is 42.6 Å². The van der Waals surface area contributed by atoms with Gasteiger partial charge in [0.25, 0.3) is 0 Å². The van der Waals surface area contributed by atoms with Crippen LogP contribution in [0, 0.1) is 0 Å². The van der Waals surface area contributed by atoms with E-state index in [-0.39, 0.29) is 50.2 Å². The number of nitrogens with one attached hydrogen (secondary N) is 2. The van der Waals surface area contributed by atoms with Gasteiger partial charge in [-0.15, -0.1) is 24.8 Å². The summed E-state index contributed by atoms with van der Waals surface area (Å²) in [6.45, 7) is 0.469. The van der Waals surface area contributed by atoms with E-state index in [0.717, 1.165) is 5.56 Å². The lowest BCUT2D eigenvalue weighted by Crippen LogP contribution is -2.40. The molecule has 3 rings (SSSR count). The third-order valence-corrected chi connectivity index (χ3v) is 3.95. The third-order valence-electron chi connectivity index (χ3n) is 3.95. The zero-order valence-electron chi connectivity index (χ0n) is 14.7. The lowest BCUT2D eigenvalue weighted by molar-refractivity contribution is -0.123. The van der Waals surface area contributed by atoms with E-state index in [1.807, 2.05) is 18.2 Å². The fourth-order valence-corrected chi connectivity index (χ4v) is 2.62. The van der Waals surface area contributed by atoms with E-state index < -0.39 is 12.2 Å². The number of carbonyl (C=O) groups excluding carboxylic acids is 1. The molecule has 0 aliphatic carbocycles. The van der Waals surface area contributed by atoms with Crippen molar-refractivity contribution in [3.8, 4) is 17.4 Å². The average molecular weight is 418 g/mol. The van der Waals surface area contributed by atoms with Gasteiger partial charge in [0, 0.05) is 37.3 Å². The molecule has 0 unspecified atom stereocenters. The summed E-state index contributed by atoms with van der Waals surface area (Å²) in [6, 6.07) is 10.3. The van der Waals surface area contributed by atoms with Gasteiger partial charge in [-0.3, -0.25) is 4.79 Å². The number of nitrogens with zero attached hydrogens (tertiary/aromatic N) is 1. The summed E-state index contributed by atoms with van der Waals surface area (Å²) in [6.07, 6.45) is 0.847. The molecule has 1 saturated heterocycles. The fourth-order valence-electron chi connectivity index (χ4n) is 2.62. The van der Waals surface area contributed by atoms with Crippen LogP contribution in [0.3, 0.4) is 0 Å². The summed E-state index contributed by atoms with van der Waals surface area (Å²) in [5, 5.41) is 5.66. The summed E-state index contributed by atoms with van der Waals surface area (Å²) in [4.78, 5) is 16.3. The van der Waals surface area contributed by atoms with E-state index in [1.165, 1.54) is 0 Å². The molecule has 9 heteroatoms. The fraction of sp³-hybridized carbons (Fsp3) is 0.333. The van der Waals surface area contributed by atoms with Crippen molar-refractivity contribution < 1.29 is 18.7 Å². The Hall–Kier alpha value is -2.09. The van der Waals surface area contributed by atoms with Crippen LogP contribution in [0.5, 0.6) is 17.4 Å². The number of aromatic nitrogens is 1. The zero-order valence-corrected chi connectivity index (χ0v) is 16.3. The maximum atomic E-state index is 13.2. The average Bonchev–Trinajstić information content (AvgIpc) is 3.07. The second kappa shape index (κ2) is 10.9. The quantitative estimate of drug-likeness (QED) is 0.755. The highest BCUT2D eigenvalue weighted by atomic mass is 35.5. The van der Waals surface area contributed by atoms with Gasteiger partial charge in [0.2, 0.25) is 11.8 Å². The molecule has 1 aliphatic heterocycles. The molecule has 2 aromatic rings. The number of pyridine rings is 1. The van der Waals surface area contributed by atoms with E-state index in [9.17, 15) is 9.18 Å². The zero-order chi connectivity index (χ0) is 17.6. The van der Waals surface area contributed by atoms with Crippen LogP contribution >= 0.6 is 24.8 Å². The summed E-state index contributed by atoms with van der Waals surface area (Å²) in [7, 11) is 1.58. The molecular weight excluding hydrogens is 396 g/mol. The number of rotatable bonds is 6. The molecule has 1 fully saturated rings. The van der Waals surface area contributed by atoms with Crippen molar-refractivity contribution in [1.82, 2.24) is 15.6 Å². The molecule has 1 amide bonds. The standard InChI is InChI=1S/C18H20FN3O3.2ClH/c1-24-14-5-2-6-15(9-14)25-18-12(4-3-7-20-18)10-22-17(23)16-8-13(19)11-21-16;;/h2-7,9,13,16,21H,8,10-11H2,1H3,(H,22,23);2*1H/t13-,16+;;/m0../s1. The van der Waals surface area contributed by atoms with Crippen molar-refractivity contribution in [3.05, 3.63) is 48.2 Å². The predicted octanol–water partition coefficient (Wildman–Crippen LogP) is 3.04. The summed E-state index contributed by atoms with van der Waals surface area (Å²) >= 11 is 0. The van der Waals surface area contributed by atoms with Crippen LogP contribution in [-0.2, 0) is 11.3 Å². The first kappa shape index (κ1) is 23.0. The molecule has 1 aromatic carbocycles. The third kappa shape index (κ3) is 6.23. The normalized spacial score (nSPS) is 18.0. The van der Waals surface area contributed by atoms with Crippen LogP contribution in [0.1, 0.15) is 12.0 Å². The van der Waals surface area contributed by atoms with Crippen LogP contribution in [-0.4, -0.2) is 36.8 Å². The molecule has 0 bridgehead atoms. The molecular formula is C18H22Cl2FN3O3. The van der Waals surface area contributed by atoms with E-state index in [1.54, 1.807) is 31.5 Å². The Kier molecular flexibility index (Phi) is 9.28. The minimum absolute atomic E-state index is 0. The molecule has 27 heavy (non-hydrogen) atoms. The second-order valence-electron chi connectivity index (χ2n) is 5.76. The highest BCUT2D eigenvalue weighted by Gasteiger charge is 2.29. The first-order valence-electron chi connectivity index (χ1n) is 8.06. The Morgan fingerprint density at radius 1 is 1.30 bits per heavy atom. The van der Waals surface area contributed by atoms with Crippen LogP contribution < -0.4 is 20.1 Å². The van der Waals surface area contributed by atoms with Crippen molar-refractivity contribution >= 4 is 30.7 Å². The molecule has 0 saturated carbocycles. The number of halogens is 3. The molecule has 2 N–H and O–H groups in total. The molecule has 148 valence electrons. The molecule has 1 aliphatic rings. The van der Waals surface area contributed by atoms with Crippen molar-refractivity contribution in [3.63, 3.8) is 0 Å². The maximum absolute atomic E-state index is 13.2. The first-order chi connectivity index (χ1) is 12.2. The number of amides is 1. The summed E-state index contributed by atoms with van der Waals surface area (Å²) in [5.74, 6) is 1.44. The Balaban J connectivity index is 0.00000182. The minimum atomic E-state index is -0.971. The Morgan fingerprint density at radius 2 is 2.07 bits per heavy atom. The van der Waals surface area contributed by atoms with Crippen LogP contribution in [0.25, 0.3) is 0 Å². The summed E-state index contributed by atoms with van der Waals surface area (Å²) < 4.78 is 24.2. The number of ether oxygens (including phenoxy) is 2. The van der Waals surface area contributed by atoms with E-state index in [2.05, 4.69) is 15.6 Å². The van der Waals surface area contributed by atoms with Crippen molar-refractivity contribution in [2.75, 3.05) is 13.7 Å². The van der Waals surface area contributed by atoms with Crippen LogP contribution in [0.4, 0.5) is 4.39 Å². The van der Waals surface area contributed by atoms with Gasteiger partial charge in [-0.1, -0.05) is 12.1 Å². The Morgan fingerprint density at radius 3 is 2.78 bits per heavy atom. The number of benzene rings is 1.